The van der Waals surface area contributed by atoms with Crippen LogP contribution in [0.3, 0.4) is 0 Å². The summed E-state index contributed by atoms with van der Waals surface area (Å²) in [5.41, 5.74) is 5.73. The van der Waals surface area contributed by atoms with Crippen molar-refractivity contribution in [1.82, 2.24) is 4.98 Å². The number of pyridine rings is 1. The fourth-order valence-electron chi connectivity index (χ4n) is 2.91. The molecule has 1 aromatic heterocycles. The maximum absolute atomic E-state index is 4.83. The van der Waals surface area contributed by atoms with E-state index in [4.69, 9.17) is 4.98 Å². The Kier molecular flexibility index (Phi) is 6.24. The Morgan fingerprint density at radius 3 is 2.68 bits per heavy atom. The molecule has 22 heavy (non-hydrogen) atoms. The zero-order valence-corrected chi connectivity index (χ0v) is 17.2. The maximum Gasteiger partial charge on any atom is -1.00 e. The molecular weight excluding hydrogens is 460 g/mol. The third-order valence-electron chi connectivity index (χ3n) is 3.79. The molecule has 2 aromatic rings. The molecule has 5 heteroatoms. The van der Waals surface area contributed by atoms with Gasteiger partial charge in [-0.05, 0) is 0 Å². The van der Waals surface area contributed by atoms with E-state index in [9.17, 15) is 0 Å². The van der Waals surface area contributed by atoms with Crippen molar-refractivity contribution >= 4 is 19.3 Å². The number of halogens is 3. The molecule has 110 valence electrons. The Balaban J connectivity index is 0.000000882. The van der Waals surface area contributed by atoms with Gasteiger partial charge in [0.1, 0.15) is 0 Å². The molecule has 1 nitrogen and oxygen atoms in total. The number of nitrogens with zero attached hydrogens (tertiary/aromatic N) is 1. The Morgan fingerprint density at radius 1 is 1.09 bits per heavy atom. The minimum absolute atomic E-state index is 0. The van der Waals surface area contributed by atoms with Crippen LogP contribution in [0.5, 0.6) is 0 Å². The van der Waals surface area contributed by atoms with E-state index in [-0.39, 0.29) is 24.8 Å². The summed E-state index contributed by atoms with van der Waals surface area (Å²) in [5, 5.41) is 0. The smallest absolute Gasteiger partial charge is 1.00 e. The van der Waals surface area contributed by atoms with Gasteiger partial charge < -0.3 is 24.8 Å². The van der Waals surface area contributed by atoms with Crippen LogP contribution >= 0.6 is 15.9 Å². The molecule has 0 amide bonds. The topological polar surface area (TPSA) is 12.9 Å². The second-order valence-electron chi connectivity index (χ2n) is 5.11. The van der Waals surface area contributed by atoms with Gasteiger partial charge in [-0.25, -0.2) is 0 Å². The average Bonchev–Trinajstić information content (AvgIpc) is 3.04. The van der Waals surface area contributed by atoms with Crippen LogP contribution in [0.4, 0.5) is 0 Å². The van der Waals surface area contributed by atoms with E-state index < -0.39 is 23.2 Å². The van der Waals surface area contributed by atoms with Gasteiger partial charge in [0.05, 0.1) is 0 Å². The first kappa shape index (κ1) is 18.1. The summed E-state index contributed by atoms with van der Waals surface area (Å²) in [6.07, 6.45) is 8.92. The molecule has 0 spiro atoms. The van der Waals surface area contributed by atoms with Crippen LogP contribution in [0.15, 0.2) is 56.4 Å². The van der Waals surface area contributed by atoms with Gasteiger partial charge in [0.25, 0.3) is 0 Å². The second-order valence-corrected chi connectivity index (χ2v) is 9.28. The maximum atomic E-state index is 4.83. The zero-order valence-electron chi connectivity index (χ0n) is 11.6. The summed E-state index contributed by atoms with van der Waals surface area (Å²) >= 11 is 2.82. The van der Waals surface area contributed by atoms with Crippen LogP contribution in [0, 0.1) is 0 Å². The molecule has 1 aromatic carbocycles. The van der Waals surface area contributed by atoms with Crippen molar-refractivity contribution in [3.8, 4) is 11.1 Å². The summed E-state index contributed by atoms with van der Waals surface area (Å²) in [6.45, 7) is 0. The number of fused-ring (bicyclic) bond motifs is 3. The minimum atomic E-state index is -0.775. The van der Waals surface area contributed by atoms with E-state index in [1.165, 1.54) is 25.7 Å². The van der Waals surface area contributed by atoms with Gasteiger partial charge >= 0.3 is 139 Å². The fraction of sp³-hybridized carbons (Fsp3) is 0.118. The summed E-state index contributed by atoms with van der Waals surface area (Å²) in [7, 11) is 0. The molecule has 1 heterocycles. The summed E-state index contributed by atoms with van der Waals surface area (Å²) in [6, 6.07) is 11.0. The van der Waals surface area contributed by atoms with Crippen molar-refractivity contribution in [3.63, 3.8) is 0 Å². The summed E-state index contributed by atoms with van der Waals surface area (Å²) in [4.78, 5) is 4.83. The summed E-state index contributed by atoms with van der Waals surface area (Å²) < 4.78 is 3.98. The van der Waals surface area contributed by atoms with Crippen LogP contribution in [-0.2, 0) is 29.7 Å². The van der Waals surface area contributed by atoms with Crippen molar-refractivity contribution in [2.24, 2.45) is 0 Å². The molecule has 0 radical (unpaired) electrons. The van der Waals surface area contributed by atoms with Crippen LogP contribution in [0.25, 0.3) is 11.1 Å². The third-order valence-corrected chi connectivity index (χ3v) is 7.37. The number of hydrogen-bond donors (Lipinski definition) is 0. The van der Waals surface area contributed by atoms with Gasteiger partial charge in [-0.1, -0.05) is 0 Å². The van der Waals surface area contributed by atoms with Crippen molar-refractivity contribution in [3.05, 3.63) is 67.6 Å². The first-order chi connectivity index (χ1) is 9.81. The first-order valence-corrected chi connectivity index (χ1v) is 9.97. The second kappa shape index (κ2) is 7.57. The molecule has 0 saturated heterocycles. The van der Waals surface area contributed by atoms with Crippen LogP contribution < -0.4 is 28.2 Å². The molecule has 0 fully saturated rings. The quantitative estimate of drug-likeness (QED) is 0.393. The zero-order chi connectivity index (χ0) is 13.5. The standard InChI is InChI=1S/C12H7BrN.C5H5.2ClH.Zr/c13-12-6-9-5-8-3-1-2-4-10(8)11(9)7-14-12;1-2-4-5-3-1;;;/h1-4,6H,5H2;1-3H,4H2;2*1H;/q;;;;+2/p-2. The Morgan fingerprint density at radius 2 is 1.91 bits per heavy atom. The van der Waals surface area contributed by atoms with E-state index in [1.807, 2.05) is 0 Å². The van der Waals surface area contributed by atoms with Crippen molar-refractivity contribution in [2.75, 3.05) is 0 Å². The molecule has 0 saturated carbocycles. The average molecular weight is 472 g/mol. The van der Waals surface area contributed by atoms with Gasteiger partial charge in [0, 0.05) is 0 Å². The van der Waals surface area contributed by atoms with E-state index in [2.05, 4.69) is 64.5 Å². The van der Waals surface area contributed by atoms with E-state index in [0.717, 1.165) is 17.4 Å². The third kappa shape index (κ3) is 3.33. The van der Waals surface area contributed by atoms with Crippen molar-refractivity contribution in [1.29, 1.82) is 0 Å². The number of allylic oxidation sites excluding steroid dienone is 4. The number of rotatable bonds is 2. The van der Waals surface area contributed by atoms with Crippen LogP contribution in [0.1, 0.15) is 17.5 Å². The Bertz CT molecular complexity index is 771. The van der Waals surface area contributed by atoms with Gasteiger partial charge in [0.2, 0.25) is 0 Å². The number of hydrogen-bond acceptors (Lipinski definition) is 1. The number of benzene rings is 1. The molecule has 0 aliphatic heterocycles. The van der Waals surface area contributed by atoms with Gasteiger partial charge in [0.15, 0.2) is 0 Å². The first-order valence-electron chi connectivity index (χ1n) is 6.72. The largest absolute Gasteiger partial charge is 1.00 e. The van der Waals surface area contributed by atoms with Crippen LogP contribution in [0.2, 0.25) is 0 Å². The molecule has 0 N–H and O–H groups in total. The molecule has 2 aliphatic rings. The SMILES string of the molecule is Brc1cc2c([c]([Zr+2][C]3=CC=CC3)n1)-c1ccccc1C2.[Cl-].[Cl-]. The molecule has 4 rings (SSSR count). The molecule has 0 bridgehead atoms. The van der Waals surface area contributed by atoms with E-state index in [0.29, 0.717) is 0 Å². The fourth-order valence-corrected chi connectivity index (χ4v) is 6.96. The van der Waals surface area contributed by atoms with Gasteiger partial charge in [-0.3, -0.25) is 0 Å². The van der Waals surface area contributed by atoms with Crippen molar-refractivity contribution < 1.29 is 48.0 Å². The summed E-state index contributed by atoms with van der Waals surface area (Å²) in [5.74, 6) is 0. The van der Waals surface area contributed by atoms with Gasteiger partial charge in [-0.15, -0.1) is 0 Å². The number of aromatic nitrogens is 1. The molecule has 0 unspecified atom stereocenters. The van der Waals surface area contributed by atoms with Crippen LogP contribution in [-0.4, -0.2) is 4.98 Å². The minimum Gasteiger partial charge on any atom is -1.00 e. The predicted molar refractivity (Wildman–Crippen MR) is 81.7 cm³/mol. The van der Waals surface area contributed by atoms with Crippen molar-refractivity contribution in [2.45, 2.75) is 12.8 Å². The molecular formula is C17H12BrCl2NZr. The van der Waals surface area contributed by atoms with E-state index in [1.54, 1.807) is 3.28 Å². The Labute approximate surface area is 162 Å². The Hall–Kier alpha value is -0.207. The predicted octanol–water partition coefficient (Wildman–Crippen LogP) is -2.03. The van der Waals surface area contributed by atoms with E-state index >= 15 is 0 Å². The monoisotopic (exact) mass is 469 g/mol. The molecule has 0 atom stereocenters. The van der Waals surface area contributed by atoms with Gasteiger partial charge in [-0.2, -0.15) is 0 Å². The molecule has 2 aliphatic carbocycles. The normalized spacial score (nSPS) is 13.4.